The van der Waals surface area contributed by atoms with Gasteiger partial charge in [-0.1, -0.05) is 6.07 Å². The fourth-order valence-electron chi connectivity index (χ4n) is 2.75. The zero-order valence-electron chi connectivity index (χ0n) is 13.3. The lowest BCUT2D eigenvalue weighted by Gasteiger charge is -2.22. The molecule has 1 amide bonds. The molecule has 1 aliphatic heterocycles. The molecule has 128 valence electrons. The Labute approximate surface area is 145 Å². The number of nitrogens with zero attached hydrogens (tertiary/aromatic N) is 2. The Kier molecular flexibility index (Phi) is 4.98. The third-order valence-electron chi connectivity index (χ3n) is 3.95. The van der Waals surface area contributed by atoms with Crippen molar-refractivity contribution in [2.75, 3.05) is 6.54 Å². The topological polar surface area (TPSA) is 79.4 Å². The van der Waals surface area contributed by atoms with Crippen LogP contribution in [0.4, 0.5) is 0 Å². The van der Waals surface area contributed by atoms with Crippen molar-refractivity contribution < 1.29 is 13.2 Å². The Balaban J connectivity index is 1.72. The molecule has 8 heteroatoms. The number of aromatic nitrogens is 1. The molecule has 1 unspecified atom stereocenters. The third-order valence-corrected chi connectivity index (χ3v) is 7.33. The van der Waals surface area contributed by atoms with E-state index < -0.39 is 16.1 Å². The molecule has 0 aromatic carbocycles. The van der Waals surface area contributed by atoms with E-state index in [4.69, 9.17) is 0 Å². The number of rotatable bonds is 5. The van der Waals surface area contributed by atoms with Crippen molar-refractivity contribution >= 4 is 27.3 Å². The highest BCUT2D eigenvalue weighted by Crippen LogP contribution is 2.30. The molecule has 24 heavy (non-hydrogen) atoms. The Bertz CT molecular complexity index is 818. The van der Waals surface area contributed by atoms with Gasteiger partial charge < -0.3 is 5.32 Å². The summed E-state index contributed by atoms with van der Waals surface area (Å²) >= 11 is 1.23. The number of hydrogen-bond donors (Lipinski definition) is 1. The predicted molar refractivity (Wildman–Crippen MR) is 92.1 cm³/mol. The molecule has 6 nitrogen and oxygen atoms in total. The molecule has 1 fully saturated rings. The Morgan fingerprint density at radius 2 is 2.21 bits per heavy atom. The van der Waals surface area contributed by atoms with Gasteiger partial charge in [-0.05, 0) is 44.0 Å². The normalized spacial score (nSPS) is 18.6. The molecule has 1 aliphatic rings. The lowest BCUT2D eigenvalue weighted by molar-refractivity contribution is -0.124. The number of nitrogens with one attached hydrogen (secondary N) is 1. The first kappa shape index (κ1) is 17.1. The van der Waals surface area contributed by atoms with Gasteiger partial charge in [-0.15, -0.1) is 11.3 Å². The molecule has 0 spiro atoms. The van der Waals surface area contributed by atoms with Crippen molar-refractivity contribution in [2.24, 2.45) is 0 Å². The summed E-state index contributed by atoms with van der Waals surface area (Å²) in [6.45, 7) is 2.54. The van der Waals surface area contributed by atoms with E-state index in [2.05, 4.69) is 10.3 Å². The smallest absolute Gasteiger partial charge is 0.253 e. The van der Waals surface area contributed by atoms with E-state index >= 15 is 0 Å². The maximum absolute atomic E-state index is 12.8. The van der Waals surface area contributed by atoms with Crippen molar-refractivity contribution in [1.29, 1.82) is 0 Å². The van der Waals surface area contributed by atoms with E-state index in [-0.39, 0.29) is 5.91 Å². The molecule has 3 heterocycles. The Morgan fingerprint density at radius 1 is 1.38 bits per heavy atom. The van der Waals surface area contributed by atoms with Crippen LogP contribution in [0.3, 0.4) is 0 Å². The summed E-state index contributed by atoms with van der Waals surface area (Å²) in [6.07, 6.45) is 2.88. The van der Waals surface area contributed by atoms with Gasteiger partial charge in [-0.2, -0.15) is 4.31 Å². The number of carbonyl (C=O) groups excluding carboxylic acids is 1. The third kappa shape index (κ3) is 3.50. The van der Waals surface area contributed by atoms with Crippen LogP contribution < -0.4 is 5.32 Å². The summed E-state index contributed by atoms with van der Waals surface area (Å²) in [5, 5.41) is 2.80. The van der Waals surface area contributed by atoms with Gasteiger partial charge >= 0.3 is 0 Å². The van der Waals surface area contributed by atoms with Crippen molar-refractivity contribution in [3.05, 3.63) is 47.1 Å². The quantitative estimate of drug-likeness (QED) is 0.878. The number of sulfonamides is 1. The van der Waals surface area contributed by atoms with E-state index in [0.29, 0.717) is 30.1 Å². The molecular weight excluding hydrogens is 346 g/mol. The maximum atomic E-state index is 12.8. The van der Waals surface area contributed by atoms with Crippen LogP contribution in [0.1, 0.15) is 23.4 Å². The highest BCUT2D eigenvalue weighted by atomic mass is 32.2. The number of hydrogen-bond acceptors (Lipinski definition) is 5. The first-order valence-electron chi connectivity index (χ1n) is 7.74. The van der Waals surface area contributed by atoms with Crippen LogP contribution >= 0.6 is 11.3 Å². The minimum absolute atomic E-state index is 0.269. The molecule has 0 bridgehead atoms. The summed E-state index contributed by atoms with van der Waals surface area (Å²) < 4.78 is 27.2. The van der Waals surface area contributed by atoms with Gasteiger partial charge in [0.15, 0.2) is 0 Å². The van der Waals surface area contributed by atoms with Gasteiger partial charge in [-0.3, -0.25) is 9.78 Å². The largest absolute Gasteiger partial charge is 0.349 e. The van der Waals surface area contributed by atoms with E-state index in [9.17, 15) is 13.2 Å². The molecule has 1 saturated heterocycles. The predicted octanol–water partition coefficient (Wildman–Crippen LogP) is 1.92. The van der Waals surface area contributed by atoms with Crippen LogP contribution in [0.25, 0.3) is 0 Å². The molecule has 1 atom stereocenters. The van der Waals surface area contributed by atoms with Crippen LogP contribution in [0.2, 0.25) is 0 Å². The standard InChI is InChI=1S/C16H19N3O3S2/c1-12-7-8-15(23-12)24(21,22)19-10-4-6-14(19)16(20)18-11-13-5-2-3-9-17-13/h2-3,5,7-9,14H,4,6,10-11H2,1H3,(H,18,20). The first-order chi connectivity index (χ1) is 11.5. The van der Waals surface area contributed by atoms with Gasteiger partial charge in [0.1, 0.15) is 10.3 Å². The lowest BCUT2D eigenvalue weighted by atomic mass is 10.2. The summed E-state index contributed by atoms with van der Waals surface area (Å²) in [5.74, 6) is -0.269. The zero-order chi connectivity index (χ0) is 17.2. The second-order valence-corrected chi connectivity index (χ2v) is 9.08. The number of pyridine rings is 1. The average Bonchev–Trinajstić information content (AvgIpc) is 3.23. The minimum atomic E-state index is -3.62. The molecule has 0 aliphatic carbocycles. The van der Waals surface area contributed by atoms with Crippen molar-refractivity contribution in [1.82, 2.24) is 14.6 Å². The zero-order valence-corrected chi connectivity index (χ0v) is 14.9. The van der Waals surface area contributed by atoms with E-state index in [1.807, 2.05) is 19.1 Å². The van der Waals surface area contributed by atoms with E-state index in [0.717, 1.165) is 10.6 Å². The summed E-state index contributed by atoms with van der Waals surface area (Å²) in [4.78, 5) is 17.6. The van der Waals surface area contributed by atoms with E-state index in [1.54, 1.807) is 24.4 Å². The number of aryl methyl sites for hydroxylation is 1. The van der Waals surface area contributed by atoms with Crippen LogP contribution in [0.15, 0.2) is 40.7 Å². The summed E-state index contributed by atoms with van der Waals surface area (Å²) in [7, 11) is -3.62. The summed E-state index contributed by atoms with van der Waals surface area (Å²) in [6, 6.07) is 8.21. The average molecular weight is 365 g/mol. The Morgan fingerprint density at radius 3 is 2.88 bits per heavy atom. The molecule has 1 N–H and O–H groups in total. The number of carbonyl (C=O) groups is 1. The van der Waals surface area contributed by atoms with Gasteiger partial charge in [-0.25, -0.2) is 8.42 Å². The maximum Gasteiger partial charge on any atom is 0.253 e. The van der Waals surface area contributed by atoms with Gasteiger partial charge in [0.05, 0.1) is 12.2 Å². The molecule has 0 saturated carbocycles. The first-order valence-corrected chi connectivity index (χ1v) is 10.00. The SMILES string of the molecule is Cc1ccc(S(=O)(=O)N2CCCC2C(=O)NCc2ccccn2)s1. The van der Waals surface area contributed by atoms with E-state index in [1.165, 1.54) is 15.6 Å². The van der Waals surface area contributed by atoms with Crippen LogP contribution in [-0.4, -0.2) is 36.2 Å². The second kappa shape index (κ2) is 7.00. The van der Waals surface area contributed by atoms with Gasteiger partial charge in [0.2, 0.25) is 5.91 Å². The second-order valence-electron chi connectivity index (χ2n) is 5.68. The van der Waals surface area contributed by atoms with Gasteiger partial charge in [0, 0.05) is 17.6 Å². The Hall–Kier alpha value is -1.77. The number of amides is 1. The summed E-state index contributed by atoms with van der Waals surface area (Å²) in [5.41, 5.74) is 0.743. The highest BCUT2D eigenvalue weighted by Gasteiger charge is 2.39. The van der Waals surface area contributed by atoms with Crippen LogP contribution in [0, 0.1) is 6.92 Å². The molecular formula is C16H19N3O3S2. The van der Waals surface area contributed by atoms with Crippen molar-refractivity contribution in [3.63, 3.8) is 0 Å². The lowest BCUT2D eigenvalue weighted by Crippen LogP contribution is -2.45. The van der Waals surface area contributed by atoms with Crippen LogP contribution in [-0.2, 0) is 21.4 Å². The van der Waals surface area contributed by atoms with Gasteiger partial charge in [0.25, 0.3) is 10.0 Å². The number of thiophene rings is 1. The fraction of sp³-hybridized carbons (Fsp3) is 0.375. The van der Waals surface area contributed by atoms with Crippen molar-refractivity contribution in [2.45, 2.75) is 36.6 Å². The molecule has 2 aromatic rings. The van der Waals surface area contributed by atoms with Crippen molar-refractivity contribution in [3.8, 4) is 0 Å². The monoisotopic (exact) mass is 365 g/mol. The molecule has 2 aromatic heterocycles. The van der Waals surface area contributed by atoms with Crippen LogP contribution in [0.5, 0.6) is 0 Å². The fourth-order valence-corrected chi connectivity index (χ4v) is 5.82. The molecule has 0 radical (unpaired) electrons. The minimum Gasteiger partial charge on any atom is -0.349 e. The highest BCUT2D eigenvalue weighted by molar-refractivity contribution is 7.91. The molecule has 3 rings (SSSR count).